The Morgan fingerprint density at radius 3 is 2.53 bits per heavy atom. The summed E-state index contributed by atoms with van der Waals surface area (Å²) in [4.78, 5) is 44.9. The first-order chi connectivity index (χ1) is 17.5. The Bertz CT molecular complexity index is 1230. The van der Waals surface area contributed by atoms with Gasteiger partial charge in [-0.05, 0) is 25.6 Å². The molecule has 36 heavy (non-hydrogen) atoms. The molecule has 2 amide bonds. The molecule has 2 aliphatic rings. The average molecular weight is 493 g/mol. The number of rotatable bonds is 8. The van der Waals surface area contributed by atoms with Crippen LogP contribution < -0.4 is 5.32 Å². The van der Waals surface area contributed by atoms with Gasteiger partial charge in [0.1, 0.15) is 5.52 Å². The number of amides is 2. The zero-order chi connectivity index (χ0) is 25.1. The summed E-state index contributed by atoms with van der Waals surface area (Å²) in [5, 5.41) is 12.5. The van der Waals surface area contributed by atoms with Crippen LogP contribution in [0.5, 0.6) is 0 Å². The number of aliphatic hydroxyl groups is 1. The number of hydrogen-bond donors (Lipinski definition) is 2. The Morgan fingerprint density at radius 1 is 1.06 bits per heavy atom. The molecule has 0 saturated carbocycles. The van der Waals surface area contributed by atoms with Crippen LogP contribution in [0.25, 0.3) is 22.6 Å². The van der Waals surface area contributed by atoms with Gasteiger partial charge in [-0.1, -0.05) is 12.1 Å². The summed E-state index contributed by atoms with van der Waals surface area (Å²) in [6, 6.07) is 7.37. The summed E-state index contributed by atoms with van der Waals surface area (Å²) in [6.07, 6.45) is 3.23. The molecular weight excluding hydrogens is 460 g/mol. The van der Waals surface area contributed by atoms with E-state index in [2.05, 4.69) is 27.2 Å². The van der Waals surface area contributed by atoms with Crippen molar-refractivity contribution in [2.75, 3.05) is 64.8 Å². The number of carbonyl (C=O) groups is 2. The Balaban J connectivity index is 1.40. The number of hydrogen-bond acceptors (Lipinski definition) is 8. The minimum atomic E-state index is -0.0400. The van der Waals surface area contributed by atoms with Crippen LogP contribution in [0, 0.1) is 0 Å². The Hall–Kier alpha value is -3.57. The van der Waals surface area contributed by atoms with Gasteiger partial charge < -0.3 is 29.7 Å². The number of aromatic nitrogens is 4. The minimum absolute atomic E-state index is 0.0332. The molecule has 0 spiro atoms. The maximum Gasteiger partial charge on any atom is 0.253 e. The molecule has 190 valence electrons. The van der Waals surface area contributed by atoms with Gasteiger partial charge in [-0.15, -0.1) is 0 Å². The number of anilines is 1. The maximum absolute atomic E-state index is 12.9. The minimum Gasteiger partial charge on any atom is -0.395 e. The van der Waals surface area contributed by atoms with Crippen LogP contribution in [0.3, 0.4) is 0 Å². The van der Waals surface area contributed by atoms with Crippen LogP contribution in [-0.4, -0.2) is 111 Å². The second-order valence-corrected chi connectivity index (χ2v) is 9.31. The van der Waals surface area contributed by atoms with E-state index in [1.165, 1.54) is 0 Å². The van der Waals surface area contributed by atoms with E-state index in [9.17, 15) is 14.7 Å². The van der Waals surface area contributed by atoms with E-state index < -0.39 is 0 Å². The van der Waals surface area contributed by atoms with Gasteiger partial charge in [0.05, 0.1) is 12.9 Å². The molecule has 2 aliphatic heterocycles. The molecule has 3 aromatic rings. The largest absolute Gasteiger partial charge is 0.395 e. The highest BCUT2D eigenvalue weighted by molar-refractivity contribution is 5.95. The quantitative estimate of drug-likeness (QED) is 0.476. The molecule has 4 heterocycles. The molecule has 2 N–H and O–H groups in total. The molecule has 0 bridgehead atoms. The number of aliphatic hydroxyl groups excluding tert-OH is 1. The molecule has 0 radical (unpaired) electrons. The molecule has 0 atom stereocenters. The lowest BCUT2D eigenvalue weighted by Crippen LogP contribution is -2.47. The number of piperazine rings is 1. The average Bonchev–Trinajstić information content (AvgIpc) is 3.51. The monoisotopic (exact) mass is 492 g/mol. The SMILES string of the molecule is CN1CCN(C(=O)c2ccc(-c3nc(NCCO)c4ncn(CCN5CCCC5=O)c4n3)cc2)CC1. The summed E-state index contributed by atoms with van der Waals surface area (Å²) in [5.41, 5.74) is 2.69. The Kier molecular flexibility index (Phi) is 7.10. The second kappa shape index (κ2) is 10.6. The summed E-state index contributed by atoms with van der Waals surface area (Å²) >= 11 is 0. The van der Waals surface area contributed by atoms with Gasteiger partial charge in [0.2, 0.25) is 5.91 Å². The molecule has 0 unspecified atom stereocenters. The van der Waals surface area contributed by atoms with Crippen LogP contribution >= 0.6 is 0 Å². The molecule has 2 saturated heterocycles. The van der Waals surface area contributed by atoms with Crippen LogP contribution in [0.2, 0.25) is 0 Å². The maximum atomic E-state index is 12.9. The van der Waals surface area contributed by atoms with E-state index in [1.54, 1.807) is 6.33 Å². The van der Waals surface area contributed by atoms with Crippen molar-refractivity contribution in [3.05, 3.63) is 36.2 Å². The number of likely N-dealkylation sites (N-methyl/N-ethyl adjacent to an activating group) is 1. The molecule has 2 fully saturated rings. The van der Waals surface area contributed by atoms with E-state index in [1.807, 2.05) is 38.6 Å². The highest BCUT2D eigenvalue weighted by Gasteiger charge is 2.22. The first-order valence-electron chi connectivity index (χ1n) is 12.5. The molecule has 11 heteroatoms. The first-order valence-corrected chi connectivity index (χ1v) is 12.5. The Morgan fingerprint density at radius 2 is 1.83 bits per heavy atom. The third-order valence-electron chi connectivity index (χ3n) is 6.83. The third kappa shape index (κ3) is 5.02. The standard InChI is InChI=1S/C25H32N8O3/c1-30-10-12-32(13-11-30)25(36)19-6-4-18(5-7-19)22-28-23(26-8-16-34)21-24(29-22)33(17-27-21)15-14-31-9-2-3-20(31)35/h4-7,17,34H,2-3,8-16H2,1H3,(H,26,28,29). The zero-order valence-electron chi connectivity index (χ0n) is 20.6. The van der Waals surface area contributed by atoms with E-state index in [-0.39, 0.29) is 18.4 Å². The van der Waals surface area contributed by atoms with Gasteiger partial charge in [-0.3, -0.25) is 9.59 Å². The van der Waals surface area contributed by atoms with Crippen molar-refractivity contribution in [1.82, 2.24) is 34.2 Å². The number of likely N-dealkylation sites (tertiary alicyclic amines) is 1. The topological polar surface area (TPSA) is 120 Å². The van der Waals surface area contributed by atoms with Crippen molar-refractivity contribution in [3.8, 4) is 11.4 Å². The van der Waals surface area contributed by atoms with Crippen LogP contribution in [0.1, 0.15) is 23.2 Å². The van der Waals surface area contributed by atoms with Crippen molar-refractivity contribution >= 4 is 28.8 Å². The van der Waals surface area contributed by atoms with Gasteiger partial charge in [0.15, 0.2) is 17.3 Å². The van der Waals surface area contributed by atoms with E-state index in [0.29, 0.717) is 54.4 Å². The zero-order valence-corrected chi connectivity index (χ0v) is 20.6. The number of benzene rings is 1. The summed E-state index contributed by atoms with van der Waals surface area (Å²) < 4.78 is 1.93. The van der Waals surface area contributed by atoms with Crippen LogP contribution in [-0.2, 0) is 11.3 Å². The van der Waals surface area contributed by atoms with Gasteiger partial charge in [0.25, 0.3) is 5.91 Å². The van der Waals surface area contributed by atoms with E-state index in [0.717, 1.165) is 44.7 Å². The summed E-state index contributed by atoms with van der Waals surface area (Å²) in [6.45, 7) is 5.47. The fourth-order valence-corrected chi connectivity index (χ4v) is 4.66. The highest BCUT2D eigenvalue weighted by atomic mass is 16.3. The predicted octanol–water partition coefficient (Wildman–Crippen LogP) is 0.908. The lowest BCUT2D eigenvalue weighted by molar-refractivity contribution is -0.127. The fourth-order valence-electron chi connectivity index (χ4n) is 4.66. The van der Waals surface area contributed by atoms with Crippen molar-refractivity contribution in [1.29, 1.82) is 0 Å². The van der Waals surface area contributed by atoms with Gasteiger partial charge in [-0.2, -0.15) is 0 Å². The predicted molar refractivity (Wildman–Crippen MR) is 136 cm³/mol. The highest BCUT2D eigenvalue weighted by Crippen LogP contribution is 2.25. The Labute approximate surface area is 209 Å². The van der Waals surface area contributed by atoms with Crippen molar-refractivity contribution < 1.29 is 14.7 Å². The number of nitrogens with zero attached hydrogens (tertiary/aromatic N) is 7. The third-order valence-corrected chi connectivity index (χ3v) is 6.83. The smallest absolute Gasteiger partial charge is 0.253 e. The van der Waals surface area contributed by atoms with Crippen molar-refractivity contribution in [2.24, 2.45) is 0 Å². The fraction of sp³-hybridized carbons (Fsp3) is 0.480. The molecule has 1 aromatic carbocycles. The lowest BCUT2D eigenvalue weighted by Gasteiger charge is -2.32. The molecule has 2 aromatic heterocycles. The molecule has 5 rings (SSSR count). The van der Waals surface area contributed by atoms with Crippen LogP contribution in [0.4, 0.5) is 5.82 Å². The van der Waals surface area contributed by atoms with Crippen molar-refractivity contribution in [3.63, 3.8) is 0 Å². The number of carbonyl (C=O) groups excluding carboxylic acids is 2. The van der Waals surface area contributed by atoms with E-state index >= 15 is 0 Å². The molecular formula is C25H32N8O3. The number of imidazole rings is 1. The van der Waals surface area contributed by atoms with Gasteiger partial charge in [0, 0.05) is 69.9 Å². The van der Waals surface area contributed by atoms with E-state index in [4.69, 9.17) is 4.98 Å². The number of fused-ring (bicyclic) bond motifs is 1. The lowest BCUT2D eigenvalue weighted by atomic mass is 10.1. The molecule has 0 aliphatic carbocycles. The van der Waals surface area contributed by atoms with Gasteiger partial charge >= 0.3 is 0 Å². The number of nitrogens with one attached hydrogen (secondary N) is 1. The summed E-state index contributed by atoms with van der Waals surface area (Å²) in [5.74, 6) is 1.26. The normalized spacial score (nSPS) is 16.8. The second-order valence-electron chi connectivity index (χ2n) is 9.31. The molecule has 11 nitrogen and oxygen atoms in total. The summed E-state index contributed by atoms with van der Waals surface area (Å²) in [7, 11) is 2.06. The van der Waals surface area contributed by atoms with Crippen LogP contribution in [0.15, 0.2) is 30.6 Å². The van der Waals surface area contributed by atoms with Gasteiger partial charge in [-0.25, -0.2) is 15.0 Å². The van der Waals surface area contributed by atoms with Crippen molar-refractivity contribution in [2.45, 2.75) is 19.4 Å². The first kappa shape index (κ1) is 24.1.